The number of benzene rings is 1. The van der Waals surface area contributed by atoms with Gasteiger partial charge in [-0.25, -0.2) is 8.78 Å². The molecule has 2 aromatic rings. The number of hydrogen-bond acceptors (Lipinski definition) is 3. The number of rotatable bonds is 2. The fourth-order valence-electron chi connectivity index (χ4n) is 2.83. The molecule has 3 rings (SSSR count). The number of nitrogen functional groups attached to an aromatic ring is 1. The lowest BCUT2D eigenvalue weighted by Crippen LogP contribution is -2.23. The summed E-state index contributed by atoms with van der Waals surface area (Å²) in [6, 6.07) is 7.61. The van der Waals surface area contributed by atoms with Gasteiger partial charge in [-0.3, -0.25) is 0 Å². The van der Waals surface area contributed by atoms with Crippen LogP contribution in [0.2, 0.25) is 0 Å². The Kier molecular flexibility index (Phi) is 3.73. The maximum Gasteiger partial charge on any atom is 0.248 e. The van der Waals surface area contributed by atoms with E-state index >= 15 is 0 Å². The van der Waals surface area contributed by atoms with Crippen LogP contribution in [-0.4, -0.2) is 11.1 Å². The topological polar surface area (TPSA) is 52.0 Å². The van der Waals surface area contributed by atoms with Gasteiger partial charge in [-0.15, -0.1) is 0 Å². The fraction of sp³-hybridized carbons (Fsp3) is 0.400. The lowest BCUT2D eigenvalue weighted by Gasteiger charge is -2.27. The predicted octanol–water partition coefficient (Wildman–Crippen LogP) is 4.98. The zero-order valence-electron chi connectivity index (χ0n) is 11.3. The number of nitrogens with two attached hydrogens (primary N) is 1. The Morgan fingerprint density at radius 1 is 1.24 bits per heavy atom. The zero-order valence-corrected chi connectivity index (χ0v) is 12.9. The molecule has 1 aromatic heterocycles. The Morgan fingerprint density at radius 3 is 2.57 bits per heavy atom. The second-order valence-electron chi connectivity index (χ2n) is 5.42. The molecule has 0 aliphatic heterocycles. The van der Waals surface area contributed by atoms with Gasteiger partial charge in [0.1, 0.15) is 5.76 Å². The Hall–Kier alpha value is -1.43. The molecule has 0 amide bonds. The lowest BCUT2D eigenvalue weighted by molar-refractivity contribution is -0.0398. The Balaban J connectivity index is 1.97. The van der Waals surface area contributed by atoms with Crippen LogP contribution in [0.4, 0.5) is 14.6 Å². The van der Waals surface area contributed by atoms with E-state index in [0.29, 0.717) is 24.4 Å². The van der Waals surface area contributed by atoms with E-state index in [4.69, 9.17) is 10.3 Å². The summed E-state index contributed by atoms with van der Waals surface area (Å²) in [5, 5.41) is 3.84. The van der Waals surface area contributed by atoms with Crippen LogP contribution in [0.5, 0.6) is 0 Å². The van der Waals surface area contributed by atoms with Crippen molar-refractivity contribution in [3.05, 3.63) is 34.5 Å². The number of hydrogen-bond donors (Lipinski definition) is 1. The van der Waals surface area contributed by atoms with Crippen molar-refractivity contribution in [2.45, 2.75) is 37.5 Å². The van der Waals surface area contributed by atoms with E-state index in [9.17, 15) is 8.78 Å². The highest BCUT2D eigenvalue weighted by Crippen LogP contribution is 2.45. The molecular formula is C15H15BrF2N2O. The standard InChI is InChI=1S/C15H15BrF2N2O/c16-11-4-2-1-3-10(11)12-13(21-20-14(12)19)9-5-7-15(17,18)8-6-9/h1-4,9H,5-8H2,(H2,19,20). The van der Waals surface area contributed by atoms with E-state index in [1.807, 2.05) is 24.3 Å². The second-order valence-corrected chi connectivity index (χ2v) is 6.27. The third-order valence-electron chi connectivity index (χ3n) is 3.98. The van der Waals surface area contributed by atoms with Gasteiger partial charge in [0.25, 0.3) is 0 Å². The molecule has 6 heteroatoms. The largest absolute Gasteiger partial charge is 0.380 e. The Labute approximate surface area is 129 Å². The number of alkyl halides is 2. The molecule has 112 valence electrons. The van der Waals surface area contributed by atoms with Crippen molar-refractivity contribution in [1.82, 2.24) is 5.16 Å². The van der Waals surface area contributed by atoms with Crippen molar-refractivity contribution in [3.8, 4) is 11.1 Å². The van der Waals surface area contributed by atoms with Crippen molar-refractivity contribution >= 4 is 21.7 Å². The average molecular weight is 357 g/mol. The van der Waals surface area contributed by atoms with Crippen LogP contribution >= 0.6 is 15.9 Å². The molecular weight excluding hydrogens is 342 g/mol. The smallest absolute Gasteiger partial charge is 0.248 e. The SMILES string of the molecule is Nc1noc(C2CCC(F)(F)CC2)c1-c1ccccc1Br. The highest BCUT2D eigenvalue weighted by molar-refractivity contribution is 9.10. The molecule has 1 aliphatic carbocycles. The quantitative estimate of drug-likeness (QED) is 0.825. The first-order valence-corrected chi connectivity index (χ1v) is 7.65. The first-order chi connectivity index (χ1) is 9.98. The van der Waals surface area contributed by atoms with E-state index < -0.39 is 5.92 Å². The molecule has 0 bridgehead atoms. The molecule has 0 atom stereocenters. The normalized spacial score (nSPS) is 18.8. The summed E-state index contributed by atoms with van der Waals surface area (Å²) in [6.07, 6.45) is 0.541. The number of aromatic nitrogens is 1. The minimum atomic E-state index is -2.56. The second kappa shape index (κ2) is 5.40. The van der Waals surface area contributed by atoms with Crippen LogP contribution in [0.1, 0.15) is 37.4 Å². The molecule has 2 N–H and O–H groups in total. The summed E-state index contributed by atoms with van der Waals surface area (Å²) >= 11 is 3.48. The van der Waals surface area contributed by atoms with Crippen LogP contribution in [0.3, 0.4) is 0 Å². The van der Waals surface area contributed by atoms with Crippen molar-refractivity contribution in [1.29, 1.82) is 0 Å². The van der Waals surface area contributed by atoms with E-state index in [-0.39, 0.29) is 18.8 Å². The molecule has 1 fully saturated rings. The maximum atomic E-state index is 13.3. The first-order valence-electron chi connectivity index (χ1n) is 6.86. The summed E-state index contributed by atoms with van der Waals surface area (Å²) in [5.41, 5.74) is 7.53. The number of anilines is 1. The van der Waals surface area contributed by atoms with Gasteiger partial charge in [-0.1, -0.05) is 39.3 Å². The molecule has 3 nitrogen and oxygen atoms in total. The molecule has 1 heterocycles. The van der Waals surface area contributed by atoms with Gasteiger partial charge in [-0.2, -0.15) is 0 Å². The number of halogens is 3. The lowest BCUT2D eigenvalue weighted by atomic mass is 9.83. The van der Waals surface area contributed by atoms with Crippen LogP contribution < -0.4 is 5.73 Å². The fourth-order valence-corrected chi connectivity index (χ4v) is 3.31. The summed E-state index contributed by atoms with van der Waals surface area (Å²) < 4.78 is 32.9. The third kappa shape index (κ3) is 2.81. The van der Waals surface area contributed by atoms with Gasteiger partial charge in [-0.05, 0) is 18.9 Å². The van der Waals surface area contributed by atoms with Crippen molar-refractivity contribution in [2.24, 2.45) is 0 Å². The molecule has 21 heavy (non-hydrogen) atoms. The summed E-state index contributed by atoms with van der Waals surface area (Å²) in [7, 11) is 0. The molecule has 1 aromatic carbocycles. The predicted molar refractivity (Wildman–Crippen MR) is 80.2 cm³/mol. The van der Waals surface area contributed by atoms with Gasteiger partial charge in [0, 0.05) is 28.8 Å². The molecule has 0 radical (unpaired) electrons. The number of nitrogens with zero attached hydrogens (tertiary/aromatic N) is 1. The van der Waals surface area contributed by atoms with Crippen LogP contribution in [0.15, 0.2) is 33.3 Å². The minimum Gasteiger partial charge on any atom is -0.380 e. The molecule has 0 unspecified atom stereocenters. The van der Waals surface area contributed by atoms with Gasteiger partial charge in [0.2, 0.25) is 5.92 Å². The van der Waals surface area contributed by atoms with Crippen molar-refractivity contribution in [2.75, 3.05) is 5.73 Å². The highest BCUT2D eigenvalue weighted by Gasteiger charge is 2.38. The van der Waals surface area contributed by atoms with Gasteiger partial charge in [0.15, 0.2) is 5.82 Å². The van der Waals surface area contributed by atoms with Crippen molar-refractivity contribution < 1.29 is 13.3 Å². The molecule has 0 saturated heterocycles. The Morgan fingerprint density at radius 2 is 1.90 bits per heavy atom. The van der Waals surface area contributed by atoms with E-state index in [0.717, 1.165) is 15.6 Å². The van der Waals surface area contributed by atoms with Crippen LogP contribution in [0.25, 0.3) is 11.1 Å². The van der Waals surface area contributed by atoms with E-state index in [2.05, 4.69) is 21.1 Å². The summed E-state index contributed by atoms with van der Waals surface area (Å²) in [6.45, 7) is 0. The molecule has 0 spiro atoms. The molecule has 1 saturated carbocycles. The van der Waals surface area contributed by atoms with Gasteiger partial charge < -0.3 is 10.3 Å². The van der Waals surface area contributed by atoms with Gasteiger partial charge >= 0.3 is 0 Å². The van der Waals surface area contributed by atoms with Crippen molar-refractivity contribution in [3.63, 3.8) is 0 Å². The monoisotopic (exact) mass is 356 g/mol. The average Bonchev–Trinajstić information content (AvgIpc) is 2.81. The highest BCUT2D eigenvalue weighted by atomic mass is 79.9. The van der Waals surface area contributed by atoms with E-state index in [1.54, 1.807) is 0 Å². The summed E-state index contributed by atoms with van der Waals surface area (Å²) in [5.74, 6) is -1.70. The third-order valence-corrected chi connectivity index (χ3v) is 4.67. The minimum absolute atomic E-state index is 0.0588. The molecule has 1 aliphatic rings. The van der Waals surface area contributed by atoms with Crippen LogP contribution in [0, 0.1) is 0 Å². The Bertz CT molecular complexity index is 647. The summed E-state index contributed by atoms with van der Waals surface area (Å²) in [4.78, 5) is 0. The zero-order chi connectivity index (χ0) is 15.0. The van der Waals surface area contributed by atoms with Gasteiger partial charge in [0.05, 0.1) is 5.56 Å². The van der Waals surface area contributed by atoms with E-state index in [1.165, 1.54) is 0 Å². The maximum absolute atomic E-state index is 13.3. The van der Waals surface area contributed by atoms with Crippen LogP contribution in [-0.2, 0) is 0 Å². The first kappa shape index (κ1) is 14.5.